The minimum Gasteiger partial charge on any atom is -0.0843 e. The predicted molar refractivity (Wildman–Crippen MR) is 118 cm³/mol. The van der Waals surface area contributed by atoms with Gasteiger partial charge >= 0.3 is 0 Å². The van der Waals surface area contributed by atoms with Gasteiger partial charge in [0.2, 0.25) is 0 Å². The van der Waals surface area contributed by atoms with Gasteiger partial charge in [0.1, 0.15) is 0 Å². The summed E-state index contributed by atoms with van der Waals surface area (Å²) in [6.45, 7) is 12.7. The van der Waals surface area contributed by atoms with E-state index < -0.39 is 0 Å². The van der Waals surface area contributed by atoms with Crippen LogP contribution in [0.3, 0.4) is 0 Å². The summed E-state index contributed by atoms with van der Waals surface area (Å²) in [5.41, 5.74) is 1.24. The molecule has 0 heteroatoms. The molecule has 154 valence electrons. The van der Waals surface area contributed by atoms with Crippen molar-refractivity contribution < 1.29 is 0 Å². The average molecular weight is 371 g/mol. The third kappa shape index (κ3) is 3.36. The first kappa shape index (κ1) is 20.0. The Hall–Kier alpha value is -0.260. The molecule has 4 aliphatic carbocycles. The molecular weight excluding hydrogens is 324 g/mol. The van der Waals surface area contributed by atoms with E-state index in [1.54, 1.807) is 0 Å². The molecule has 0 aromatic carbocycles. The number of allylic oxidation sites excluding steroid dienone is 2. The van der Waals surface area contributed by atoms with Crippen LogP contribution in [-0.4, -0.2) is 0 Å². The van der Waals surface area contributed by atoms with Crippen LogP contribution >= 0.6 is 0 Å². The van der Waals surface area contributed by atoms with Crippen molar-refractivity contribution in [2.45, 2.75) is 105 Å². The SMILES string of the molecule is CC(C)CCC[C@@H](C)[C@@H]1C=C[C@@H]2[C@@H]3CC[C@H]4CCCC[C@]4(C)[C@@H]3CC[C@]21C. The zero-order chi connectivity index (χ0) is 19.2. The highest BCUT2D eigenvalue weighted by molar-refractivity contribution is 5.19. The van der Waals surface area contributed by atoms with Crippen LogP contribution in [-0.2, 0) is 0 Å². The van der Waals surface area contributed by atoms with Gasteiger partial charge in [-0.3, -0.25) is 0 Å². The summed E-state index contributed by atoms with van der Waals surface area (Å²) in [5, 5.41) is 0. The lowest BCUT2D eigenvalue weighted by Gasteiger charge is -2.60. The molecule has 0 saturated heterocycles. The fourth-order valence-electron chi connectivity index (χ4n) is 8.65. The Morgan fingerprint density at radius 1 is 0.852 bits per heavy atom. The van der Waals surface area contributed by atoms with Crippen LogP contribution in [0.1, 0.15) is 105 Å². The summed E-state index contributed by atoms with van der Waals surface area (Å²) in [7, 11) is 0. The second-order valence-corrected chi connectivity index (χ2v) is 12.1. The van der Waals surface area contributed by atoms with Gasteiger partial charge in [-0.2, -0.15) is 0 Å². The summed E-state index contributed by atoms with van der Waals surface area (Å²) >= 11 is 0. The van der Waals surface area contributed by atoms with E-state index in [0.717, 1.165) is 41.4 Å². The van der Waals surface area contributed by atoms with Crippen molar-refractivity contribution in [3.8, 4) is 0 Å². The number of hydrogen-bond acceptors (Lipinski definition) is 0. The molecule has 0 aromatic rings. The Kier molecular flexibility index (Phi) is 5.59. The predicted octanol–water partition coefficient (Wildman–Crippen LogP) is 8.27. The van der Waals surface area contributed by atoms with Crippen LogP contribution in [0.25, 0.3) is 0 Å². The largest absolute Gasteiger partial charge is 0.0843 e. The Bertz CT molecular complexity index is 544. The Balaban J connectivity index is 1.47. The number of rotatable bonds is 5. The van der Waals surface area contributed by atoms with E-state index in [1.807, 2.05) is 0 Å². The van der Waals surface area contributed by atoms with Crippen LogP contribution in [0.4, 0.5) is 0 Å². The standard InChI is InChI=1S/C27H46/c1-19(2)9-8-10-20(3)23-14-15-24-22-13-12-21-11-6-7-17-26(21,4)25(22)16-18-27(23,24)5/h14-15,19-25H,6-13,16-18H2,1-5H3/t20-,21-,22+,23+,24-,25-,26+,27+/m1/s1. The van der Waals surface area contributed by atoms with Crippen molar-refractivity contribution in [2.24, 2.45) is 52.3 Å². The van der Waals surface area contributed by atoms with Gasteiger partial charge in [-0.25, -0.2) is 0 Å². The van der Waals surface area contributed by atoms with Crippen molar-refractivity contribution in [3.63, 3.8) is 0 Å². The second-order valence-electron chi connectivity index (χ2n) is 12.1. The minimum absolute atomic E-state index is 0.566. The first-order valence-corrected chi connectivity index (χ1v) is 12.5. The quantitative estimate of drug-likeness (QED) is 0.427. The number of fused-ring (bicyclic) bond motifs is 5. The summed E-state index contributed by atoms with van der Waals surface area (Å²) in [6, 6.07) is 0. The van der Waals surface area contributed by atoms with Gasteiger partial charge in [0.15, 0.2) is 0 Å². The average Bonchev–Trinajstić information content (AvgIpc) is 2.98. The summed E-state index contributed by atoms with van der Waals surface area (Å²) < 4.78 is 0. The molecule has 3 saturated carbocycles. The van der Waals surface area contributed by atoms with E-state index in [9.17, 15) is 0 Å². The van der Waals surface area contributed by atoms with E-state index in [2.05, 4.69) is 46.8 Å². The molecule has 4 aliphatic rings. The smallest absolute Gasteiger partial charge is 0.0142 e. The maximum atomic E-state index is 2.73. The highest BCUT2D eigenvalue weighted by Gasteiger charge is 2.58. The van der Waals surface area contributed by atoms with Gasteiger partial charge < -0.3 is 0 Å². The van der Waals surface area contributed by atoms with E-state index in [0.29, 0.717) is 10.8 Å². The van der Waals surface area contributed by atoms with Crippen molar-refractivity contribution in [1.82, 2.24) is 0 Å². The molecule has 0 unspecified atom stereocenters. The molecule has 0 aliphatic heterocycles. The zero-order valence-electron chi connectivity index (χ0n) is 19.0. The first-order chi connectivity index (χ1) is 12.9. The van der Waals surface area contributed by atoms with Gasteiger partial charge in [0, 0.05) is 0 Å². The molecule has 4 rings (SSSR count). The van der Waals surface area contributed by atoms with E-state index in [-0.39, 0.29) is 0 Å². The molecule has 0 amide bonds. The van der Waals surface area contributed by atoms with Gasteiger partial charge in [-0.05, 0) is 90.8 Å². The van der Waals surface area contributed by atoms with Crippen LogP contribution in [0, 0.1) is 52.3 Å². The van der Waals surface area contributed by atoms with Crippen molar-refractivity contribution in [2.75, 3.05) is 0 Å². The van der Waals surface area contributed by atoms with Crippen LogP contribution < -0.4 is 0 Å². The number of hydrogen-bond donors (Lipinski definition) is 0. The van der Waals surface area contributed by atoms with Crippen LogP contribution in [0.15, 0.2) is 12.2 Å². The minimum atomic E-state index is 0.566. The highest BCUT2D eigenvalue weighted by atomic mass is 14.6. The topological polar surface area (TPSA) is 0 Å². The highest BCUT2D eigenvalue weighted by Crippen LogP contribution is 2.66. The lowest BCUT2D eigenvalue weighted by molar-refractivity contribution is -0.107. The first-order valence-electron chi connectivity index (χ1n) is 12.5. The van der Waals surface area contributed by atoms with E-state index in [1.165, 1.54) is 70.6 Å². The Morgan fingerprint density at radius 2 is 1.67 bits per heavy atom. The van der Waals surface area contributed by atoms with Gasteiger partial charge in [0.05, 0.1) is 0 Å². The molecule has 0 spiro atoms. The summed E-state index contributed by atoms with van der Waals surface area (Å²) in [4.78, 5) is 0. The summed E-state index contributed by atoms with van der Waals surface area (Å²) in [5.74, 6) is 6.52. The third-order valence-electron chi connectivity index (χ3n) is 10.2. The molecule has 0 nitrogen and oxygen atoms in total. The monoisotopic (exact) mass is 370 g/mol. The summed E-state index contributed by atoms with van der Waals surface area (Å²) in [6.07, 6.45) is 21.9. The zero-order valence-corrected chi connectivity index (χ0v) is 19.0. The maximum absolute atomic E-state index is 2.73. The van der Waals surface area contributed by atoms with Crippen molar-refractivity contribution in [3.05, 3.63) is 12.2 Å². The third-order valence-corrected chi connectivity index (χ3v) is 10.2. The lowest BCUT2D eigenvalue weighted by atomic mass is 9.44. The van der Waals surface area contributed by atoms with Gasteiger partial charge in [0.25, 0.3) is 0 Å². The molecule has 0 heterocycles. The van der Waals surface area contributed by atoms with E-state index >= 15 is 0 Å². The lowest BCUT2D eigenvalue weighted by Crippen LogP contribution is -2.53. The Labute approximate surface area is 170 Å². The molecule has 3 fully saturated rings. The van der Waals surface area contributed by atoms with Crippen molar-refractivity contribution >= 4 is 0 Å². The van der Waals surface area contributed by atoms with Gasteiger partial charge in [-0.15, -0.1) is 0 Å². The van der Waals surface area contributed by atoms with Gasteiger partial charge in [-0.1, -0.05) is 78.9 Å². The Morgan fingerprint density at radius 3 is 2.44 bits per heavy atom. The maximum Gasteiger partial charge on any atom is -0.0142 e. The second kappa shape index (κ2) is 7.53. The normalized spacial score (nSPS) is 47.4. The molecule has 8 atom stereocenters. The fourth-order valence-corrected chi connectivity index (χ4v) is 8.65. The molecule has 0 N–H and O–H groups in total. The van der Waals surface area contributed by atoms with E-state index in [4.69, 9.17) is 0 Å². The molecular formula is C27H46. The van der Waals surface area contributed by atoms with Crippen LogP contribution in [0.5, 0.6) is 0 Å². The molecule has 0 aromatic heterocycles. The van der Waals surface area contributed by atoms with Crippen LogP contribution in [0.2, 0.25) is 0 Å². The van der Waals surface area contributed by atoms with Crippen molar-refractivity contribution in [1.29, 1.82) is 0 Å². The molecule has 0 bridgehead atoms. The molecule has 0 radical (unpaired) electrons. The fraction of sp³-hybridized carbons (Fsp3) is 0.926. The molecule has 27 heavy (non-hydrogen) atoms.